The van der Waals surface area contributed by atoms with E-state index in [0.29, 0.717) is 0 Å². The van der Waals surface area contributed by atoms with Crippen LogP contribution in [-0.4, -0.2) is 31.1 Å². The summed E-state index contributed by atoms with van der Waals surface area (Å²) in [6.45, 7) is 6.74. The third-order valence-corrected chi connectivity index (χ3v) is 3.66. The molecule has 0 saturated carbocycles. The van der Waals surface area contributed by atoms with Crippen molar-refractivity contribution >= 4 is 11.6 Å². The monoisotopic (exact) mass is 282 g/mol. The number of hydrogen-bond donors (Lipinski definition) is 1. The second kappa shape index (κ2) is 7.13. The zero-order chi connectivity index (χ0) is 13.7. The molecule has 0 unspecified atom stereocenters. The van der Waals surface area contributed by atoms with Crippen LogP contribution >= 0.6 is 11.6 Å². The quantitative estimate of drug-likeness (QED) is 0.836. The summed E-state index contributed by atoms with van der Waals surface area (Å²) in [5, 5.41) is 0.814. The van der Waals surface area contributed by atoms with Crippen LogP contribution in [0.25, 0.3) is 0 Å². The Labute approximate surface area is 120 Å². The molecule has 0 radical (unpaired) electrons. The van der Waals surface area contributed by atoms with Crippen LogP contribution in [0, 0.1) is 0 Å². The molecule has 1 aromatic rings. The third-order valence-electron chi connectivity index (χ3n) is 3.44. The minimum atomic E-state index is 0.740. The molecule has 0 saturated heterocycles. The van der Waals surface area contributed by atoms with Crippen LogP contribution in [0.4, 0.5) is 0 Å². The van der Waals surface area contributed by atoms with Crippen molar-refractivity contribution < 1.29 is 4.74 Å². The Balaban J connectivity index is 2.12. The second-order valence-corrected chi connectivity index (χ2v) is 5.51. The molecule has 0 aromatic heterocycles. The number of ether oxygens (including phenoxy) is 1. The van der Waals surface area contributed by atoms with E-state index in [1.165, 1.54) is 11.1 Å². The van der Waals surface area contributed by atoms with E-state index in [1.807, 2.05) is 12.1 Å². The fourth-order valence-electron chi connectivity index (χ4n) is 2.61. The van der Waals surface area contributed by atoms with Crippen molar-refractivity contribution in [3.63, 3.8) is 0 Å². The molecule has 106 valence electrons. The van der Waals surface area contributed by atoms with E-state index >= 15 is 0 Å². The highest BCUT2D eigenvalue weighted by Gasteiger charge is 2.19. The van der Waals surface area contributed by atoms with Crippen LogP contribution in [0.3, 0.4) is 0 Å². The number of rotatable bonds is 7. The predicted octanol–water partition coefficient (Wildman–Crippen LogP) is 2.84. The first-order valence-electron chi connectivity index (χ1n) is 7.11. The highest BCUT2D eigenvalue weighted by Crippen LogP contribution is 2.33. The normalized spacial score (nSPS) is 13.7. The Morgan fingerprint density at radius 2 is 2.21 bits per heavy atom. The molecule has 2 rings (SSSR count). The lowest BCUT2D eigenvalue weighted by atomic mass is 10.1. The lowest BCUT2D eigenvalue weighted by Crippen LogP contribution is -2.27. The van der Waals surface area contributed by atoms with Gasteiger partial charge >= 0.3 is 0 Å². The Bertz CT molecular complexity index is 423. The lowest BCUT2D eigenvalue weighted by molar-refractivity contribution is 0.258. The highest BCUT2D eigenvalue weighted by atomic mass is 35.5. The molecule has 1 heterocycles. The van der Waals surface area contributed by atoms with Gasteiger partial charge in [-0.25, -0.2) is 0 Å². The number of nitrogens with zero attached hydrogens (tertiary/aromatic N) is 1. The van der Waals surface area contributed by atoms with Crippen LogP contribution in [0.5, 0.6) is 5.75 Å². The van der Waals surface area contributed by atoms with Crippen molar-refractivity contribution in [2.24, 2.45) is 5.73 Å². The minimum Gasteiger partial charge on any atom is -0.493 e. The molecular formula is C15H23ClN2O. The zero-order valence-electron chi connectivity index (χ0n) is 11.6. The molecule has 0 bridgehead atoms. The first-order valence-corrected chi connectivity index (χ1v) is 7.49. The predicted molar refractivity (Wildman–Crippen MR) is 79.9 cm³/mol. The van der Waals surface area contributed by atoms with Gasteiger partial charge in [-0.2, -0.15) is 0 Å². The molecule has 0 aliphatic carbocycles. The van der Waals surface area contributed by atoms with E-state index in [2.05, 4.69) is 11.8 Å². The maximum atomic E-state index is 6.20. The van der Waals surface area contributed by atoms with Crippen LogP contribution in [-0.2, 0) is 13.0 Å². The molecule has 1 aliphatic rings. The molecule has 19 heavy (non-hydrogen) atoms. The van der Waals surface area contributed by atoms with Crippen molar-refractivity contribution in [2.75, 3.05) is 26.2 Å². The second-order valence-electron chi connectivity index (χ2n) is 5.07. The fraction of sp³-hybridized carbons (Fsp3) is 0.600. The molecule has 0 atom stereocenters. The number of benzene rings is 1. The van der Waals surface area contributed by atoms with E-state index in [0.717, 1.165) is 62.8 Å². The lowest BCUT2D eigenvalue weighted by Gasteiger charge is -2.22. The minimum absolute atomic E-state index is 0.740. The summed E-state index contributed by atoms with van der Waals surface area (Å²) in [5.74, 6) is 1.05. The highest BCUT2D eigenvalue weighted by molar-refractivity contribution is 6.30. The third kappa shape index (κ3) is 3.85. The molecule has 0 spiro atoms. The Kier molecular flexibility index (Phi) is 5.49. The molecule has 2 N–H and O–H groups in total. The van der Waals surface area contributed by atoms with Gasteiger partial charge in [0.2, 0.25) is 0 Å². The molecule has 3 nitrogen and oxygen atoms in total. The van der Waals surface area contributed by atoms with Gasteiger partial charge in [-0.1, -0.05) is 18.5 Å². The fourth-order valence-corrected chi connectivity index (χ4v) is 2.87. The van der Waals surface area contributed by atoms with Crippen LogP contribution < -0.4 is 10.5 Å². The van der Waals surface area contributed by atoms with Crippen LogP contribution in [0.15, 0.2) is 12.1 Å². The number of nitrogens with two attached hydrogens (primary N) is 1. The van der Waals surface area contributed by atoms with Gasteiger partial charge in [0.15, 0.2) is 0 Å². The zero-order valence-corrected chi connectivity index (χ0v) is 12.4. The summed E-state index contributed by atoms with van der Waals surface area (Å²) >= 11 is 6.20. The topological polar surface area (TPSA) is 38.5 Å². The van der Waals surface area contributed by atoms with Crippen LogP contribution in [0.2, 0.25) is 5.02 Å². The first-order chi connectivity index (χ1) is 9.24. The molecular weight excluding hydrogens is 260 g/mol. The summed E-state index contributed by atoms with van der Waals surface area (Å²) in [7, 11) is 0. The Morgan fingerprint density at radius 3 is 2.95 bits per heavy atom. The van der Waals surface area contributed by atoms with Gasteiger partial charge in [0.25, 0.3) is 0 Å². The smallest absolute Gasteiger partial charge is 0.127 e. The number of hydrogen-bond acceptors (Lipinski definition) is 3. The molecule has 0 amide bonds. The van der Waals surface area contributed by atoms with Gasteiger partial charge in [-0.15, -0.1) is 0 Å². The molecule has 0 fully saturated rings. The molecule has 1 aliphatic heterocycles. The van der Waals surface area contributed by atoms with Crippen molar-refractivity contribution in [3.05, 3.63) is 28.3 Å². The van der Waals surface area contributed by atoms with Gasteiger partial charge in [0.1, 0.15) is 5.75 Å². The first kappa shape index (κ1) is 14.6. The number of halogens is 1. The van der Waals surface area contributed by atoms with E-state index < -0.39 is 0 Å². The van der Waals surface area contributed by atoms with Crippen molar-refractivity contribution in [3.8, 4) is 5.75 Å². The van der Waals surface area contributed by atoms with E-state index in [-0.39, 0.29) is 0 Å². The molecule has 1 aromatic carbocycles. The summed E-state index contributed by atoms with van der Waals surface area (Å²) in [5.41, 5.74) is 8.07. The standard InChI is InChI=1S/C15H23ClN2O/c1-2-6-18(7-3-5-17)11-13-10-14(16)9-12-4-8-19-15(12)13/h9-10H,2-8,11,17H2,1H3. The van der Waals surface area contributed by atoms with Crippen molar-refractivity contribution in [1.82, 2.24) is 4.90 Å². The summed E-state index contributed by atoms with van der Waals surface area (Å²) < 4.78 is 5.76. The number of fused-ring (bicyclic) bond motifs is 1. The van der Waals surface area contributed by atoms with Gasteiger partial charge in [-0.05, 0) is 50.2 Å². The van der Waals surface area contributed by atoms with Gasteiger partial charge < -0.3 is 10.5 Å². The van der Waals surface area contributed by atoms with E-state index in [1.54, 1.807) is 0 Å². The SMILES string of the molecule is CCCN(CCCN)Cc1cc(Cl)cc2c1OCC2. The van der Waals surface area contributed by atoms with E-state index in [9.17, 15) is 0 Å². The van der Waals surface area contributed by atoms with Crippen LogP contribution in [0.1, 0.15) is 30.9 Å². The van der Waals surface area contributed by atoms with Gasteiger partial charge in [-0.3, -0.25) is 4.90 Å². The maximum Gasteiger partial charge on any atom is 0.127 e. The molecule has 4 heteroatoms. The summed E-state index contributed by atoms with van der Waals surface area (Å²) in [6.07, 6.45) is 3.15. The largest absolute Gasteiger partial charge is 0.493 e. The van der Waals surface area contributed by atoms with Crippen molar-refractivity contribution in [2.45, 2.75) is 32.7 Å². The van der Waals surface area contributed by atoms with Crippen molar-refractivity contribution in [1.29, 1.82) is 0 Å². The van der Waals surface area contributed by atoms with Gasteiger partial charge in [0.05, 0.1) is 6.61 Å². The summed E-state index contributed by atoms with van der Waals surface area (Å²) in [4.78, 5) is 2.43. The average molecular weight is 283 g/mol. The Morgan fingerprint density at radius 1 is 1.37 bits per heavy atom. The average Bonchev–Trinajstić information content (AvgIpc) is 2.84. The van der Waals surface area contributed by atoms with Gasteiger partial charge in [0, 0.05) is 23.6 Å². The van der Waals surface area contributed by atoms with E-state index in [4.69, 9.17) is 22.1 Å². The maximum absolute atomic E-state index is 6.20. The Hall–Kier alpha value is -0.770. The summed E-state index contributed by atoms with van der Waals surface area (Å²) in [6, 6.07) is 4.06.